The predicted octanol–water partition coefficient (Wildman–Crippen LogP) is 0.0457. The average molecular weight is 174 g/mol. The molecular formula is C7H10O3S. The molecule has 0 atom stereocenters. The molecule has 1 heterocycles. The van der Waals surface area contributed by atoms with E-state index in [0.717, 1.165) is 0 Å². The van der Waals surface area contributed by atoms with Gasteiger partial charge in [0.05, 0.1) is 19.8 Å². The number of hydrogen-bond donors (Lipinski definition) is 1. The summed E-state index contributed by atoms with van der Waals surface area (Å²) in [5.74, 6) is 3.41. The van der Waals surface area contributed by atoms with Gasteiger partial charge in [0.15, 0.2) is 0 Å². The van der Waals surface area contributed by atoms with Gasteiger partial charge in [-0.1, -0.05) is 11.8 Å². The Morgan fingerprint density at radius 1 is 1.45 bits per heavy atom. The maximum Gasteiger partial charge on any atom is 0.223 e. The van der Waals surface area contributed by atoms with Gasteiger partial charge in [-0.05, 0) is 11.2 Å². The van der Waals surface area contributed by atoms with E-state index in [9.17, 15) is 0 Å². The number of hydrogen-bond acceptors (Lipinski definition) is 4. The Morgan fingerprint density at radius 2 is 2.18 bits per heavy atom. The first-order valence-electron chi connectivity index (χ1n) is 3.40. The predicted molar refractivity (Wildman–Crippen MR) is 43.0 cm³/mol. The zero-order valence-corrected chi connectivity index (χ0v) is 6.89. The van der Waals surface area contributed by atoms with Gasteiger partial charge in [0.25, 0.3) is 0 Å². The van der Waals surface area contributed by atoms with Crippen LogP contribution in [0.15, 0.2) is 0 Å². The van der Waals surface area contributed by atoms with Crippen LogP contribution in [0.3, 0.4) is 0 Å². The Morgan fingerprint density at radius 3 is 2.82 bits per heavy atom. The summed E-state index contributed by atoms with van der Waals surface area (Å²) >= 11 is 1.37. The molecule has 0 unspecified atom stereocenters. The van der Waals surface area contributed by atoms with Crippen LogP contribution < -0.4 is 0 Å². The molecule has 1 saturated heterocycles. The van der Waals surface area contributed by atoms with E-state index < -0.39 is 0 Å². The molecule has 4 heteroatoms. The Kier molecular flexibility index (Phi) is 4.39. The standard InChI is InChI=1S/C7H10O3S/c8-2-6-11-5-1-7-9-3-4-10-7/h7-8H,2-4,6H2. The van der Waals surface area contributed by atoms with Gasteiger partial charge in [0, 0.05) is 5.75 Å². The molecule has 0 saturated carbocycles. The molecule has 1 fully saturated rings. The minimum Gasteiger partial charge on any atom is -0.395 e. The Balaban J connectivity index is 2.09. The monoisotopic (exact) mass is 174 g/mol. The molecule has 1 aliphatic rings. The number of ether oxygens (including phenoxy) is 2. The van der Waals surface area contributed by atoms with Gasteiger partial charge in [0.1, 0.15) is 0 Å². The van der Waals surface area contributed by atoms with E-state index in [1.54, 1.807) is 0 Å². The Bertz CT molecular complexity index is 155. The van der Waals surface area contributed by atoms with E-state index in [4.69, 9.17) is 14.6 Å². The summed E-state index contributed by atoms with van der Waals surface area (Å²) in [5.41, 5.74) is 0. The van der Waals surface area contributed by atoms with Gasteiger partial charge in [-0.15, -0.1) is 0 Å². The maximum absolute atomic E-state index is 8.41. The molecule has 0 aromatic heterocycles. The minimum atomic E-state index is -0.346. The summed E-state index contributed by atoms with van der Waals surface area (Å²) in [7, 11) is 0. The second-order valence-electron chi connectivity index (χ2n) is 1.89. The van der Waals surface area contributed by atoms with Gasteiger partial charge in [0.2, 0.25) is 6.29 Å². The van der Waals surface area contributed by atoms with E-state index in [1.165, 1.54) is 11.8 Å². The number of thioether (sulfide) groups is 1. The summed E-state index contributed by atoms with van der Waals surface area (Å²) in [6, 6.07) is 0. The SMILES string of the molecule is OCCSC#CC1OCCO1. The molecule has 3 nitrogen and oxygen atoms in total. The van der Waals surface area contributed by atoms with Gasteiger partial charge in [-0.2, -0.15) is 0 Å². The van der Waals surface area contributed by atoms with Gasteiger partial charge in [-0.25, -0.2) is 0 Å². The van der Waals surface area contributed by atoms with Crippen LogP contribution in [-0.2, 0) is 9.47 Å². The second kappa shape index (κ2) is 5.44. The van der Waals surface area contributed by atoms with E-state index in [0.29, 0.717) is 19.0 Å². The van der Waals surface area contributed by atoms with Crippen molar-refractivity contribution in [1.82, 2.24) is 0 Å². The molecule has 1 rings (SSSR count). The third-order valence-electron chi connectivity index (χ3n) is 1.06. The van der Waals surface area contributed by atoms with Crippen molar-refractivity contribution in [1.29, 1.82) is 0 Å². The Hall–Kier alpha value is -0.210. The summed E-state index contributed by atoms with van der Waals surface area (Å²) in [4.78, 5) is 0. The van der Waals surface area contributed by atoms with Crippen molar-refractivity contribution in [2.75, 3.05) is 25.6 Å². The molecule has 0 aromatic carbocycles. The molecule has 0 bridgehead atoms. The van der Waals surface area contributed by atoms with Crippen molar-refractivity contribution in [2.45, 2.75) is 6.29 Å². The second-order valence-corrected chi connectivity index (χ2v) is 2.79. The first kappa shape index (κ1) is 8.88. The topological polar surface area (TPSA) is 38.7 Å². The van der Waals surface area contributed by atoms with E-state index in [2.05, 4.69) is 11.2 Å². The summed E-state index contributed by atoms with van der Waals surface area (Å²) in [6.07, 6.45) is -0.346. The van der Waals surface area contributed by atoms with Crippen molar-refractivity contribution < 1.29 is 14.6 Å². The van der Waals surface area contributed by atoms with Crippen molar-refractivity contribution in [3.05, 3.63) is 0 Å². The lowest BCUT2D eigenvalue weighted by atomic mass is 10.7. The molecule has 0 amide bonds. The number of rotatable bonds is 2. The summed E-state index contributed by atoms with van der Waals surface area (Å²) in [6.45, 7) is 1.42. The van der Waals surface area contributed by atoms with Gasteiger partial charge >= 0.3 is 0 Å². The maximum atomic E-state index is 8.41. The smallest absolute Gasteiger partial charge is 0.223 e. The average Bonchev–Trinajstić information content (AvgIpc) is 2.50. The number of aliphatic hydroxyl groups is 1. The molecule has 62 valence electrons. The summed E-state index contributed by atoms with van der Waals surface area (Å²) < 4.78 is 10.1. The molecule has 1 N–H and O–H groups in total. The van der Waals surface area contributed by atoms with Crippen LogP contribution in [0.5, 0.6) is 0 Å². The van der Waals surface area contributed by atoms with E-state index in [-0.39, 0.29) is 12.9 Å². The van der Waals surface area contributed by atoms with Crippen LogP contribution >= 0.6 is 11.8 Å². The highest BCUT2D eigenvalue weighted by Gasteiger charge is 2.11. The fourth-order valence-electron chi connectivity index (χ4n) is 0.628. The highest BCUT2D eigenvalue weighted by atomic mass is 32.2. The third-order valence-corrected chi connectivity index (χ3v) is 1.71. The van der Waals surface area contributed by atoms with Crippen LogP contribution in [0.1, 0.15) is 0 Å². The fourth-order valence-corrected chi connectivity index (χ4v) is 1.00. The lowest BCUT2D eigenvalue weighted by Crippen LogP contribution is -2.02. The molecule has 1 aliphatic heterocycles. The van der Waals surface area contributed by atoms with Crippen molar-refractivity contribution in [3.63, 3.8) is 0 Å². The highest BCUT2D eigenvalue weighted by Crippen LogP contribution is 2.02. The van der Waals surface area contributed by atoms with Crippen LogP contribution in [0.25, 0.3) is 0 Å². The quantitative estimate of drug-likeness (QED) is 0.474. The van der Waals surface area contributed by atoms with Gasteiger partial charge < -0.3 is 14.6 Å². The lowest BCUT2D eigenvalue weighted by Gasteiger charge is -1.96. The van der Waals surface area contributed by atoms with Gasteiger partial charge in [-0.3, -0.25) is 0 Å². The fraction of sp³-hybridized carbons (Fsp3) is 0.714. The highest BCUT2D eigenvalue weighted by molar-refractivity contribution is 8.03. The molecule has 0 aliphatic carbocycles. The zero-order valence-electron chi connectivity index (χ0n) is 6.08. The third kappa shape index (κ3) is 3.63. The lowest BCUT2D eigenvalue weighted by molar-refractivity contribution is 0.00653. The first-order valence-corrected chi connectivity index (χ1v) is 4.38. The largest absolute Gasteiger partial charge is 0.395 e. The number of aliphatic hydroxyl groups excluding tert-OH is 1. The van der Waals surface area contributed by atoms with Crippen LogP contribution in [0, 0.1) is 11.2 Å². The van der Waals surface area contributed by atoms with E-state index in [1.807, 2.05) is 0 Å². The van der Waals surface area contributed by atoms with Crippen LogP contribution in [0.4, 0.5) is 0 Å². The summed E-state index contributed by atoms with van der Waals surface area (Å²) in [5, 5.41) is 11.2. The van der Waals surface area contributed by atoms with Crippen LogP contribution in [0.2, 0.25) is 0 Å². The molecule has 0 aromatic rings. The van der Waals surface area contributed by atoms with E-state index >= 15 is 0 Å². The zero-order chi connectivity index (χ0) is 7.94. The molecular weight excluding hydrogens is 164 g/mol. The molecule has 0 radical (unpaired) electrons. The van der Waals surface area contributed by atoms with Crippen molar-refractivity contribution >= 4 is 11.8 Å². The Labute approximate surface area is 70.1 Å². The van der Waals surface area contributed by atoms with Crippen molar-refractivity contribution in [3.8, 4) is 11.2 Å². The van der Waals surface area contributed by atoms with Crippen molar-refractivity contribution in [2.24, 2.45) is 0 Å². The van der Waals surface area contributed by atoms with Crippen LogP contribution in [-0.4, -0.2) is 37.0 Å². The molecule has 11 heavy (non-hydrogen) atoms. The first-order chi connectivity index (χ1) is 5.43. The minimum absolute atomic E-state index is 0.158. The normalized spacial score (nSPS) is 17.9. The molecule has 0 spiro atoms.